The van der Waals surface area contributed by atoms with Gasteiger partial charge in [-0.05, 0) is 66.5 Å². The zero-order valence-electron chi connectivity index (χ0n) is 20.3. The fourth-order valence-electron chi connectivity index (χ4n) is 3.53. The fourth-order valence-corrected chi connectivity index (χ4v) is 3.85. The molecule has 3 heterocycles. The molecule has 198 valence electrons. The summed E-state index contributed by atoms with van der Waals surface area (Å²) in [6.45, 7) is 1.51. The summed E-state index contributed by atoms with van der Waals surface area (Å²) < 4.78 is 4.69. The van der Waals surface area contributed by atoms with Gasteiger partial charge >= 0.3 is 5.97 Å². The van der Waals surface area contributed by atoms with Crippen molar-refractivity contribution in [2.75, 3.05) is 28.4 Å². The molecule has 0 fully saturated rings. The first-order valence-corrected chi connectivity index (χ1v) is 12.0. The molecule has 0 aliphatic carbocycles. The molecule has 39 heavy (non-hydrogen) atoms. The number of anilines is 8. The number of amides is 1. The predicted molar refractivity (Wildman–Crippen MR) is 145 cm³/mol. The van der Waals surface area contributed by atoms with Gasteiger partial charge in [0.2, 0.25) is 34.4 Å². The lowest BCUT2D eigenvalue weighted by molar-refractivity contribution is -0.142. The predicted octanol–water partition coefficient (Wildman–Crippen LogP) is 3.94. The summed E-state index contributed by atoms with van der Waals surface area (Å²) in [6, 6.07) is 11.0. The Morgan fingerprint density at radius 2 is 1.18 bits per heavy atom. The highest BCUT2D eigenvalue weighted by Gasteiger charge is 2.19. The van der Waals surface area contributed by atoms with E-state index in [4.69, 9.17) is 23.2 Å². The van der Waals surface area contributed by atoms with E-state index in [9.17, 15) is 9.59 Å². The van der Waals surface area contributed by atoms with Gasteiger partial charge in [-0.25, -0.2) is 4.79 Å². The summed E-state index contributed by atoms with van der Waals surface area (Å²) in [4.78, 5) is 50.1. The lowest BCUT2D eigenvalue weighted by Gasteiger charge is -2.15. The molecule has 14 nitrogen and oxygen atoms in total. The molecule has 5 rings (SSSR count). The van der Waals surface area contributed by atoms with Crippen LogP contribution in [0.25, 0.3) is 0 Å². The first-order valence-electron chi connectivity index (χ1n) is 11.3. The Labute approximate surface area is 231 Å². The molecule has 0 spiro atoms. The number of halogens is 2. The Bertz CT molecular complexity index is 1500. The Kier molecular flexibility index (Phi) is 7.21. The van der Waals surface area contributed by atoms with E-state index in [1.165, 1.54) is 26.2 Å². The highest BCUT2D eigenvalue weighted by Crippen LogP contribution is 2.27. The molecule has 0 radical (unpaired) electrons. The number of benzene rings is 2. The minimum atomic E-state index is -0.884. The number of methoxy groups -OCH3 is 1. The second kappa shape index (κ2) is 10.9. The van der Waals surface area contributed by atoms with Crippen LogP contribution in [-0.2, 0) is 9.53 Å². The molecular weight excluding hydrogens is 549 g/mol. The van der Waals surface area contributed by atoms with Crippen LogP contribution in [0, 0.1) is 0 Å². The number of hydrogen-bond acceptors (Lipinski definition) is 13. The topological polar surface area (TPSA) is 181 Å². The number of nitrogens with one attached hydrogen (secondary N) is 5. The quantitative estimate of drug-likeness (QED) is 0.198. The van der Waals surface area contributed by atoms with E-state index >= 15 is 0 Å². The van der Waals surface area contributed by atoms with Crippen molar-refractivity contribution in [3.63, 3.8) is 0 Å². The second-order valence-corrected chi connectivity index (χ2v) is 8.78. The third-order valence-corrected chi connectivity index (χ3v) is 5.54. The molecule has 0 saturated heterocycles. The van der Waals surface area contributed by atoms with E-state index in [-0.39, 0.29) is 39.9 Å². The summed E-state index contributed by atoms with van der Waals surface area (Å²) in [7, 11) is 1.24. The molecule has 1 amide bonds. The molecule has 8 bridgehead atoms. The minimum Gasteiger partial charge on any atom is -0.467 e. The van der Waals surface area contributed by atoms with Crippen LogP contribution in [0.1, 0.15) is 17.3 Å². The first-order chi connectivity index (χ1) is 18.7. The largest absolute Gasteiger partial charge is 0.467 e. The van der Waals surface area contributed by atoms with Gasteiger partial charge in [-0.15, -0.1) is 0 Å². The molecule has 4 aromatic rings. The number of hydrogen-bond donors (Lipinski definition) is 5. The van der Waals surface area contributed by atoms with Crippen LogP contribution in [0.3, 0.4) is 0 Å². The van der Waals surface area contributed by atoms with Crippen molar-refractivity contribution in [2.24, 2.45) is 0 Å². The fraction of sp³-hybridized carbons (Fsp3) is 0.130. The lowest BCUT2D eigenvalue weighted by Crippen LogP contribution is -2.39. The highest BCUT2D eigenvalue weighted by atomic mass is 35.5. The minimum absolute atomic E-state index is 0.0632. The number of nitrogens with zero attached hydrogens (tertiary/aromatic N) is 6. The van der Waals surface area contributed by atoms with Gasteiger partial charge in [-0.2, -0.15) is 29.9 Å². The van der Waals surface area contributed by atoms with Crippen molar-refractivity contribution >= 4 is 81.6 Å². The summed E-state index contributed by atoms with van der Waals surface area (Å²) in [5, 5.41) is 14.7. The standard InChI is InChI=1S/C23H19Cl2N11O3/c1-10(17(38)39-2)26-16(37)11-6-14-9-15(7-11)30-23-34-19(25)32-21(36-23)28-13-5-3-4-12(8-13)27-20-31-18(24)33-22(29-14)35-20/h3-10H,1-2H3,(H,26,37)(H2,27,29,31,33,35)(H2,28,30,32,34,36)/t10-/m0/s1. The Balaban J connectivity index is 1.60. The zero-order chi connectivity index (χ0) is 27.5. The molecule has 1 aliphatic heterocycles. The molecule has 1 aliphatic rings. The van der Waals surface area contributed by atoms with Crippen LogP contribution < -0.4 is 26.6 Å². The van der Waals surface area contributed by atoms with Gasteiger partial charge in [-0.3, -0.25) is 4.79 Å². The average Bonchev–Trinajstić information content (AvgIpc) is 2.87. The molecular formula is C23H19Cl2N11O3. The Hall–Kier alpha value is -4.82. The Morgan fingerprint density at radius 1 is 0.744 bits per heavy atom. The third kappa shape index (κ3) is 6.37. The van der Waals surface area contributed by atoms with Crippen molar-refractivity contribution in [1.29, 1.82) is 0 Å². The van der Waals surface area contributed by atoms with Crippen molar-refractivity contribution in [1.82, 2.24) is 35.2 Å². The molecule has 0 saturated carbocycles. The van der Waals surface area contributed by atoms with E-state index in [1.807, 2.05) is 0 Å². The molecule has 1 atom stereocenters. The lowest BCUT2D eigenvalue weighted by atomic mass is 10.1. The van der Waals surface area contributed by atoms with Crippen LogP contribution in [0.2, 0.25) is 10.6 Å². The average molecular weight is 568 g/mol. The van der Waals surface area contributed by atoms with Gasteiger partial charge in [0.05, 0.1) is 7.11 Å². The van der Waals surface area contributed by atoms with E-state index in [2.05, 4.69) is 61.2 Å². The van der Waals surface area contributed by atoms with Crippen molar-refractivity contribution in [3.05, 3.63) is 58.6 Å². The van der Waals surface area contributed by atoms with Crippen LogP contribution in [0.4, 0.5) is 46.5 Å². The first kappa shape index (κ1) is 25.8. The van der Waals surface area contributed by atoms with E-state index in [0.29, 0.717) is 22.7 Å². The smallest absolute Gasteiger partial charge is 0.328 e. The number of rotatable bonds is 3. The molecule has 2 aromatic heterocycles. The monoisotopic (exact) mass is 567 g/mol. The molecule has 5 N–H and O–H groups in total. The van der Waals surface area contributed by atoms with Gasteiger partial charge < -0.3 is 31.3 Å². The van der Waals surface area contributed by atoms with Crippen molar-refractivity contribution < 1.29 is 14.3 Å². The zero-order valence-corrected chi connectivity index (χ0v) is 21.8. The van der Waals surface area contributed by atoms with Gasteiger partial charge in [0.15, 0.2) is 0 Å². The maximum absolute atomic E-state index is 13.0. The van der Waals surface area contributed by atoms with Gasteiger partial charge in [-0.1, -0.05) is 6.07 Å². The van der Waals surface area contributed by atoms with Gasteiger partial charge in [0, 0.05) is 28.3 Å². The highest BCUT2D eigenvalue weighted by molar-refractivity contribution is 6.28. The van der Waals surface area contributed by atoms with Gasteiger partial charge in [0.25, 0.3) is 5.91 Å². The maximum atomic E-state index is 13.0. The summed E-state index contributed by atoms with van der Waals surface area (Å²) in [5.41, 5.74) is 2.26. The van der Waals surface area contributed by atoms with Crippen LogP contribution in [-0.4, -0.2) is 54.9 Å². The van der Waals surface area contributed by atoms with Crippen LogP contribution >= 0.6 is 23.2 Å². The van der Waals surface area contributed by atoms with Crippen molar-refractivity contribution in [2.45, 2.75) is 13.0 Å². The number of esters is 1. The van der Waals surface area contributed by atoms with E-state index < -0.39 is 17.9 Å². The maximum Gasteiger partial charge on any atom is 0.328 e. The number of carbonyl (C=O) groups is 2. The summed E-state index contributed by atoms with van der Waals surface area (Å²) >= 11 is 12.3. The number of ether oxygens (including phenoxy) is 1. The molecule has 0 unspecified atom stereocenters. The number of aromatic nitrogens is 6. The number of carbonyl (C=O) groups excluding carboxylic acids is 2. The Morgan fingerprint density at radius 3 is 1.64 bits per heavy atom. The van der Waals surface area contributed by atoms with Crippen LogP contribution in [0.15, 0.2) is 42.5 Å². The van der Waals surface area contributed by atoms with Crippen LogP contribution in [0.5, 0.6) is 0 Å². The molecule has 2 aromatic carbocycles. The normalized spacial score (nSPS) is 12.5. The SMILES string of the molecule is COC(=O)[C@H](C)NC(=O)c1cc2cc(c1)Nc1nc(Cl)nc(n1)Nc1cccc(c1)Nc1nc(Cl)nc(n1)N2. The van der Waals surface area contributed by atoms with Gasteiger partial charge in [0.1, 0.15) is 6.04 Å². The van der Waals surface area contributed by atoms with E-state index in [0.717, 1.165) is 0 Å². The number of fused-ring (bicyclic) bond motifs is 8. The van der Waals surface area contributed by atoms with E-state index in [1.54, 1.807) is 30.3 Å². The summed E-state index contributed by atoms with van der Waals surface area (Å²) in [5.74, 6) is -0.578. The molecule has 16 heteroatoms. The second-order valence-electron chi connectivity index (χ2n) is 8.10. The van der Waals surface area contributed by atoms with Crippen molar-refractivity contribution in [3.8, 4) is 0 Å². The third-order valence-electron chi connectivity index (χ3n) is 5.20. The summed E-state index contributed by atoms with van der Waals surface area (Å²) in [6.07, 6.45) is 0.